The molecule has 0 bridgehead atoms. The number of rotatable bonds is 15. The first-order chi connectivity index (χ1) is 17.5. The van der Waals surface area contributed by atoms with Crippen molar-refractivity contribution in [1.29, 1.82) is 0 Å². The highest BCUT2D eigenvalue weighted by Crippen LogP contribution is 2.11. The minimum absolute atomic E-state index is 0.0943. The van der Waals surface area contributed by atoms with Gasteiger partial charge in [0, 0.05) is 24.3 Å². The molecule has 2 aromatic rings. The van der Waals surface area contributed by atoms with E-state index in [2.05, 4.69) is 22.2 Å². The van der Waals surface area contributed by atoms with Crippen molar-refractivity contribution in [3.63, 3.8) is 0 Å². The molecule has 2 rings (SSSR count). The molecule has 0 aliphatic heterocycles. The molecular weight excluding hydrogens is 456 g/mol. The van der Waals surface area contributed by atoms with Crippen LogP contribution in [0.3, 0.4) is 0 Å². The molecule has 0 saturated heterocycles. The number of ether oxygens (including phenoxy) is 2. The summed E-state index contributed by atoms with van der Waals surface area (Å²) in [6, 6.07) is 16.3. The number of benzene rings is 2. The van der Waals surface area contributed by atoms with Gasteiger partial charge in [-0.15, -0.1) is 0 Å². The van der Waals surface area contributed by atoms with Crippen molar-refractivity contribution in [2.75, 3.05) is 13.2 Å². The Morgan fingerprint density at radius 1 is 0.806 bits per heavy atom. The van der Waals surface area contributed by atoms with Gasteiger partial charge in [-0.05, 0) is 80.2 Å². The lowest BCUT2D eigenvalue weighted by Crippen LogP contribution is -2.03. The highest BCUT2D eigenvalue weighted by atomic mass is 16.5. The van der Waals surface area contributed by atoms with E-state index >= 15 is 0 Å². The van der Waals surface area contributed by atoms with Gasteiger partial charge in [0.25, 0.3) is 0 Å². The third kappa shape index (κ3) is 14.8. The van der Waals surface area contributed by atoms with Crippen molar-refractivity contribution in [1.82, 2.24) is 0 Å². The average molecular weight is 497 g/mol. The van der Waals surface area contributed by atoms with Gasteiger partial charge in [0.05, 0.1) is 19.8 Å². The number of nitrogens with zero attached hydrogens (tertiary/aromatic N) is 3. The number of hydrogen-bond donors (Lipinski definition) is 1. The smallest absolute Gasteiger partial charge is 0.305 e. The second-order valence-electron chi connectivity index (χ2n) is 8.26. The Morgan fingerprint density at radius 3 is 1.75 bits per heavy atom. The summed E-state index contributed by atoms with van der Waals surface area (Å²) in [5.74, 6) is -0.220. The van der Waals surface area contributed by atoms with Crippen LogP contribution in [0.4, 0.5) is 0 Å². The SMILES string of the molecule is CCOC(=O)CCCCc1cccc(CN)c1.CCOC(=O)CCCCc1cccc(CN=[N+]=[N-])c1. The fourth-order valence-corrected chi connectivity index (χ4v) is 3.57. The maximum Gasteiger partial charge on any atom is 0.305 e. The van der Waals surface area contributed by atoms with Crippen molar-refractivity contribution in [3.8, 4) is 0 Å². The molecule has 0 spiro atoms. The van der Waals surface area contributed by atoms with Crippen LogP contribution in [0.1, 0.15) is 74.6 Å². The van der Waals surface area contributed by atoms with Crippen LogP contribution in [0.5, 0.6) is 0 Å². The summed E-state index contributed by atoms with van der Waals surface area (Å²) < 4.78 is 9.75. The van der Waals surface area contributed by atoms with Crippen LogP contribution in [0, 0.1) is 0 Å². The predicted molar refractivity (Wildman–Crippen MR) is 142 cm³/mol. The van der Waals surface area contributed by atoms with Crippen molar-refractivity contribution in [2.45, 2.75) is 78.3 Å². The van der Waals surface area contributed by atoms with Gasteiger partial charge in [0.2, 0.25) is 0 Å². The molecule has 0 heterocycles. The van der Waals surface area contributed by atoms with Gasteiger partial charge in [-0.2, -0.15) is 0 Å². The number of aryl methyl sites for hydroxylation is 2. The van der Waals surface area contributed by atoms with E-state index < -0.39 is 0 Å². The van der Waals surface area contributed by atoms with Gasteiger partial charge < -0.3 is 15.2 Å². The zero-order chi connectivity index (χ0) is 26.4. The second kappa shape index (κ2) is 19.9. The van der Waals surface area contributed by atoms with Gasteiger partial charge >= 0.3 is 11.9 Å². The summed E-state index contributed by atoms with van der Waals surface area (Å²) in [4.78, 5) is 25.0. The molecule has 0 aliphatic rings. The van der Waals surface area contributed by atoms with Gasteiger partial charge in [-0.1, -0.05) is 53.6 Å². The Morgan fingerprint density at radius 2 is 1.28 bits per heavy atom. The monoisotopic (exact) mass is 496 g/mol. The van der Waals surface area contributed by atoms with Gasteiger partial charge in [0.1, 0.15) is 0 Å². The normalized spacial score (nSPS) is 9.97. The molecule has 0 fully saturated rings. The molecule has 0 unspecified atom stereocenters. The molecule has 2 N–H and O–H groups in total. The van der Waals surface area contributed by atoms with Crippen molar-refractivity contribution >= 4 is 11.9 Å². The zero-order valence-electron chi connectivity index (χ0n) is 21.7. The molecule has 0 amide bonds. The molecule has 0 radical (unpaired) electrons. The Hall–Kier alpha value is -3.35. The number of carbonyl (C=O) groups excluding carboxylic acids is 2. The van der Waals surface area contributed by atoms with Crippen LogP contribution >= 0.6 is 0 Å². The summed E-state index contributed by atoms with van der Waals surface area (Å²) >= 11 is 0. The Labute approximate surface area is 214 Å². The summed E-state index contributed by atoms with van der Waals surface area (Å²) in [5.41, 5.74) is 18.5. The third-order valence-corrected chi connectivity index (χ3v) is 5.34. The maximum absolute atomic E-state index is 11.2. The quantitative estimate of drug-likeness (QED) is 0.103. The van der Waals surface area contributed by atoms with Crippen LogP contribution in [0.15, 0.2) is 53.6 Å². The lowest BCUT2D eigenvalue weighted by atomic mass is 10.0. The minimum Gasteiger partial charge on any atom is -0.466 e. The molecule has 0 aromatic heterocycles. The van der Waals surface area contributed by atoms with E-state index in [9.17, 15) is 9.59 Å². The summed E-state index contributed by atoms with van der Waals surface area (Å²) in [6.45, 7) is 5.52. The molecule has 0 aliphatic carbocycles. The first-order valence-corrected chi connectivity index (χ1v) is 12.7. The minimum atomic E-state index is -0.125. The number of nitrogens with two attached hydrogens (primary N) is 1. The number of azide groups is 1. The van der Waals surface area contributed by atoms with Crippen LogP contribution in [0.2, 0.25) is 0 Å². The molecule has 196 valence electrons. The highest BCUT2D eigenvalue weighted by molar-refractivity contribution is 5.69. The van der Waals surface area contributed by atoms with E-state index in [0.717, 1.165) is 49.7 Å². The number of carbonyl (C=O) groups is 2. The lowest BCUT2D eigenvalue weighted by Gasteiger charge is -2.04. The number of esters is 2. The van der Waals surface area contributed by atoms with Gasteiger partial charge in [0.15, 0.2) is 0 Å². The molecule has 0 saturated carbocycles. The second-order valence-corrected chi connectivity index (χ2v) is 8.26. The van der Waals surface area contributed by atoms with Crippen molar-refractivity contribution < 1.29 is 19.1 Å². The standard InChI is InChI=1S/C14H19N3O2.C14H21NO2/c1-2-19-14(18)9-4-3-6-12-7-5-8-13(10-12)11-16-17-15;1-2-17-14(16)9-4-3-6-12-7-5-8-13(10-12)11-15/h5,7-8,10H,2-4,6,9,11H2,1H3;5,7-8,10H,2-4,6,9,11,15H2,1H3. The largest absolute Gasteiger partial charge is 0.466 e. The van der Waals surface area contributed by atoms with E-state index in [1.807, 2.05) is 50.2 Å². The van der Waals surface area contributed by atoms with Crippen molar-refractivity contribution in [3.05, 3.63) is 81.2 Å². The fraction of sp³-hybridized carbons (Fsp3) is 0.500. The first-order valence-electron chi connectivity index (χ1n) is 12.7. The summed E-state index contributed by atoms with van der Waals surface area (Å²) in [7, 11) is 0. The highest BCUT2D eigenvalue weighted by Gasteiger charge is 2.03. The molecule has 36 heavy (non-hydrogen) atoms. The van der Waals surface area contributed by atoms with Crippen LogP contribution in [-0.4, -0.2) is 25.2 Å². The van der Waals surface area contributed by atoms with Gasteiger partial charge in [-0.25, -0.2) is 0 Å². The zero-order valence-corrected chi connectivity index (χ0v) is 21.7. The Kier molecular flexibility index (Phi) is 17.0. The van der Waals surface area contributed by atoms with E-state index in [4.69, 9.17) is 20.7 Å². The lowest BCUT2D eigenvalue weighted by molar-refractivity contribution is -0.144. The molecular formula is C28H40N4O4. The summed E-state index contributed by atoms with van der Waals surface area (Å²) in [6.07, 6.45) is 6.58. The fourth-order valence-electron chi connectivity index (χ4n) is 3.57. The van der Waals surface area contributed by atoms with E-state index in [1.165, 1.54) is 11.1 Å². The number of unbranched alkanes of at least 4 members (excludes halogenated alkanes) is 2. The molecule has 0 atom stereocenters. The third-order valence-electron chi connectivity index (χ3n) is 5.34. The summed E-state index contributed by atoms with van der Waals surface area (Å²) in [5, 5.41) is 3.54. The maximum atomic E-state index is 11.2. The van der Waals surface area contributed by atoms with E-state index in [0.29, 0.717) is 39.1 Å². The average Bonchev–Trinajstić information content (AvgIpc) is 2.89. The van der Waals surface area contributed by atoms with Crippen LogP contribution < -0.4 is 5.73 Å². The van der Waals surface area contributed by atoms with Crippen LogP contribution in [0.25, 0.3) is 10.4 Å². The number of hydrogen-bond acceptors (Lipinski definition) is 6. The van der Waals surface area contributed by atoms with Gasteiger partial charge in [-0.3, -0.25) is 9.59 Å². The molecule has 8 nitrogen and oxygen atoms in total. The van der Waals surface area contributed by atoms with E-state index in [1.54, 1.807) is 0 Å². The van der Waals surface area contributed by atoms with Crippen molar-refractivity contribution in [2.24, 2.45) is 10.8 Å². The predicted octanol–water partition coefficient (Wildman–Crippen LogP) is 6.19. The Bertz CT molecular complexity index is 958. The Balaban J connectivity index is 0.000000362. The first kappa shape index (κ1) is 30.7. The molecule has 2 aromatic carbocycles. The molecule has 8 heteroatoms. The van der Waals surface area contributed by atoms with E-state index in [-0.39, 0.29) is 11.9 Å². The van der Waals surface area contributed by atoms with Crippen LogP contribution in [-0.2, 0) is 45.0 Å². The topological polar surface area (TPSA) is 127 Å².